The van der Waals surface area contributed by atoms with Gasteiger partial charge in [0.25, 0.3) is 11.8 Å². The summed E-state index contributed by atoms with van der Waals surface area (Å²) in [6.45, 7) is 10.7. The van der Waals surface area contributed by atoms with Gasteiger partial charge in [-0.3, -0.25) is 29.0 Å². The molecule has 11 nitrogen and oxygen atoms in total. The number of carbonyl (C=O) groups excluding carboxylic acids is 5. The van der Waals surface area contributed by atoms with Gasteiger partial charge in [0.05, 0.1) is 0 Å². The summed E-state index contributed by atoms with van der Waals surface area (Å²) in [4.78, 5) is 64.3. The quantitative estimate of drug-likeness (QED) is 0.242. The minimum atomic E-state index is -0.492. The van der Waals surface area contributed by atoms with Crippen LogP contribution in [0.15, 0.2) is 12.2 Å². The summed E-state index contributed by atoms with van der Waals surface area (Å²) >= 11 is 0. The summed E-state index contributed by atoms with van der Waals surface area (Å²) in [6, 6.07) is 0. The van der Waals surface area contributed by atoms with Gasteiger partial charge in [-0.25, -0.2) is 4.79 Å². The molecule has 0 unspecified atom stereocenters. The molecule has 0 atom stereocenters. The molecule has 38 heavy (non-hydrogen) atoms. The molecule has 0 aromatic carbocycles. The Balaban J connectivity index is 1.38. The van der Waals surface area contributed by atoms with Crippen molar-refractivity contribution in [3.63, 3.8) is 0 Å². The Morgan fingerprint density at radius 1 is 0.763 bits per heavy atom. The van der Waals surface area contributed by atoms with Crippen LogP contribution in [-0.2, 0) is 23.9 Å². The van der Waals surface area contributed by atoms with E-state index >= 15 is 0 Å². The number of hydrogen-bond acceptors (Lipinski definition) is 7. The van der Waals surface area contributed by atoms with Crippen LogP contribution in [0.5, 0.6) is 0 Å². The first kappa shape index (κ1) is 31.3. The number of unbranched alkanes of at least 4 members (excludes halogenated alkanes) is 4. The molecule has 2 rings (SSSR count). The zero-order valence-corrected chi connectivity index (χ0v) is 23.3. The lowest BCUT2D eigenvalue weighted by molar-refractivity contribution is -0.137. The second-order valence-electron chi connectivity index (χ2n) is 10.8. The average Bonchev–Trinajstić information content (AvgIpc) is 3.17. The van der Waals surface area contributed by atoms with Crippen molar-refractivity contribution in [2.75, 3.05) is 52.4 Å². The summed E-state index contributed by atoms with van der Waals surface area (Å²) < 4.78 is 5.41. The van der Waals surface area contributed by atoms with Crippen LogP contribution in [0.4, 0.5) is 4.79 Å². The Morgan fingerprint density at radius 2 is 1.32 bits per heavy atom. The smallest absolute Gasteiger partial charge is 0.410 e. The average molecular weight is 536 g/mol. The van der Waals surface area contributed by atoms with Crippen LogP contribution in [0.1, 0.15) is 72.1 Å². The Kier molecular flexibility index (Phi) is 13.3. The van der Waals surface area contributed by atoms with E-state index in [0.29, 0.717) is 52.0 Å². The Morgan fingerprint density at radius 3 is 1.89 bits per heavy atom. The molecular formula is C27H45N5O6. The molecule has 2 aliphatic heterocycles. The van der Waals surface area contributed by atoms with Crippen LogP contribution in [0.3, 0.4) is 0 Å². The highest BCUT2D eigenvalue weighted by Crippen LogP contribution is 2.12. The van der Waals surface area contributed by atoms with E-state index in [4.69, 9.17) is 4.74 Å². The number of rotatable bonds is 15. The maximum atomic E-state index is 12.1. The molecule has 5 amide bonds. The molecule has 1 saturated heterocycles. The zero-order valence-electron chi connectivity index (χ0n) is 23.3. The Bertz CT molecular complexity index is 827. The fourth-order valence-electron chi connectivity index (χ4n) is 4.21. The first-order valence-electron chi connectivity index (χ1n) is 13.8. The van der Waals surface area contributed by atoms with E-state index in [1.165, 1.54) is 17.1 Å². The fraction of sp³-hybridized carbons (Fsp3) is 0.741. The van der Waals surface area contributed by atoms with Gasteiger partial charge in [0.2, 0.25) is 11.8 Å². The molecule has 0 radical (unpaired) electrons. The molecule has 1 fully saturated rings. The van der Waals surface area contributed by atoms with Gasteiger partial charge in [0.15, 0.2) is 0 Å². The van der Waals surface area contributed by atoms with Gasteiger partial charge in [-0.15, -0.1) is 0 Å². The largest absolute Gasteiger partial charge is 0.444 e. The van der Waals surface area contributed by atoms with E-state index in [2.05, 4.69) is 15.5 Å². The van der Waals surface area contributed by atoms with E-state index in [1.54, 1.807) is 4.90 Å². The molecule has 0 saturated carbocycles. The van der Waals surface area contributed by atoms with Crippen LogP contribution in [0, 0.1) is 0 Å². The Hall–Kier alpha value is -2.95. The van der Waals surface area contributed by atoms with Crippen molar-refractivity contribution in [3.8, 4) is 0 Å². The highest BCUT2D eigenvalue weighted by atomic mass is 16.6. The fourth-order valence-corrected chi connectivity index (χ4v) is 4.21. The molecule has 0 aliphatic carbocycles. The topological polar surface area (TPSA) is 128 Å². The number of hydrogen-bond donors (Lipinski definition) is 2. The maximum Gasteiger partial charge on any atom is 0.410 e. The zero-order chi connectivity index (χ0) is 28.0. The van der Waals surface area contributed by atoms with Gasteiger partial charge in [0, 0.05) is 77.4 Å². The summed E-state index contributed by atoms with van der Waals surface area (Å²) in [5, 5.41) is 5.86. The molecule has 2 N–H and O–H groups in total. The van der Waals surface area contributed by atoms with Crippen LogP contribution in [0.2, 0.25) is 0 Å². The van der Waals surface area contributed by atoms with Crippen LogP contribution in [-0.4, -0.2) is 102 Å². The number of imide groups is 1. The minimum Gasteiger partial charge on any atom is -0.444 e. The molecule has 0 spiro atoms. The molecule has 11 heteroatoms. The van der Waals surface area contributed by atoms with Crippen LogP contribution in [0.25, 0.3) is 0 Å². The maximum absolute atomic E-state index is 12.1. The number of carbonyl (C=O) groups is 5. The normalized spacial score (nSPS) is 16.2. The number of nitrogens with zero attached hydrogens (tertiary/aromatic N) is 3. The monoisotopic (exact) mass is 535 g/mol. The minimum absolute atomic E-state index is 0.00432. The molecule has 0 bridgehead atoms. The highest BCUT2D eigenvalue weighted by molar-refractivity contribution is 6.12. The predicted octanol–water partition coefficient (Wildman–Crippen LogP) is 1.82. The van der Waals surface area contributed by atoms with Crippen molar-refractivity contribution in [1.82, 2.24) is 25.3 Å². The second-order valence-corrected chi connectivity index (χ2v) is 10.8. The number of piperazine rings is 1. The van der Waals surface area contributed by atoms with Crippen molar-refractivity contribution < 1.29 is 28.7 Å². The Labute approximate surface area is 226 Å². The summed E-state index contributed by atoms with van der Waals surface area (Å²) in [7, 11) is 0. The second kappa shape index (κ2) is 16.1. The van der Waals surface area contributed by atoms with Crippen molar-refractivity contribution in [2.45, 2.75) is 77.7 Å². The summed E-state index contributed by atoms with van der Waals surface area (Å²) in [5.74, 6) is -0.492. The molecule has 2 heterocycles. The van der Waals surface area contributed by atoms with Gasteiger partial charge >= 0.3 is 6.09 Å². The summed E-state index contributed by atoms with van der Waals surface area (Å²) in [6.07, 6.45) is 7.85. The molecule has 0 aromatic rings. The van der Waals surface area contributed by atoms with Crippen molar-refractivity contribution in [2.24, 2.45) is 0 Å². The van der Waals surface area contributed by atoms with E-state index in [-0.39, 0.29) is 29.7 Å². The lowest BCUT2D eigenvalue weighted by atomic mass is 10.1. The SMILES string of the molecule is CC(C)(C)OC(=O)N1CCN(CCNC(=O)CCCCCNC(=O)CCCCCN2C(=O)C=CC2=O)CC1. The van der Waals surface area contributed by atoms with E-state index < -0.39 is 5.60 Å². The predicted molar refractivity (Wildman–Crippen MR) is 143 cm³/mol. The van der Waals surface area contributed by atoms with Gasteiger partial charge in [-0.2, -0.15) is 0 Å². The first-order valence-corrected chi connectivity index (χ1v) is 13.8. The lowest BCUT2D eigenvalue weighted by Gasteiger charge is -2.35. The van der Waals surface area contributed by atoms with Crippen LogP contribution >= 0.6 is 0 Å². The van der Waals surface area contributed by atoms with Crippen molar-refractivity contribution >= 4 is 29.7 Å². The standard InChI is InChI=1S/C27H45N5O6/c1-27(2,3)38-26(37)31-20-18-30(19-21-31)17-15-29-23(34)10-6-4-8-14-28-22(33)11-7-5-9-16-32-24(35)12-13-25(32)36/h12-13H,4-11,14-21H2,1-3H3,(H,28,33)(H,29,34). The first-order chi connectivity index (χ1) is 18.0. The van der Waals surface area contributed by atoms with Gasteiger partial charge in [0.1, 0.15) is 5.60 Å². The van der Waals surface area contributed by atoms with Crippen LogP contribution < -0.4 is 10.6 Å². The third-order valence-corrected chi connectivity index (χ3v) is 6.36. The molecule has 214 valence electrons. The molecule has 0 aromatic heterocycles. The highest BCUT2D eigenvalue weighted by Gasteiger charge is 2.25. The lowest BCUT2D eigenvalue weighted by Crippen LogP contribution is -2.51. The molecular weight excluding hydrogens is 490 g/mol. The van der Waals surface area contributed by atoms with Crippen molar-refractivity contribution in [1.29, 1.82) is 0 Å². The third kappa shape index (κ3) is 12.5. The summed E-state index contributed by atoms with van der Waals surface area (Å²) in [5.41, 5.74) is -0.492. The van der Waals surface area contributed by atoms with E-state index in [9.17, 15) is 24.0 Å². The number of nitrogens with one attached hydrogen (secondary N) is 2. The number of ether oxygens (including phenoxy) is 1. The van der Waals surface area contributed by atoms with Gasteiger partial charge in [-0.1, -0.05) is 12.8 Å². The molecule has 2 aliphatic rings. The van der Waals surface area contributed by atoms with E-state index in [0.717, 1.165) is 51.7 Å². The van der Waals surface area contributed by atoms with Gasteiger partial charge in [-0.05, 0) is 46.5 Å². The van der Waals surface area contributed by atoms with Crippen molar-refractivity contribution in [3.05, 3.63) is 12.2 Å². The van der Waals surface area contributed by atoms with E-state index in [1.807, 2.05) is 20.8 Å². The van der Waals surface area contributed by atoms with Gasteiger partial charge < -0.3 is 20.3 Å². The number of amides is 5. The third-order valence-electron chi connectivity index (χ3n) is 6.36.